The van der Waals surface area contributed by atoms with E-state index in [1.807, 2.05) is 0 Å². The van der Waals surface area contributed by atoms with Crippen molar-refractivity contribution in [1.29, 1.82) is 0 Å². The molecule has 0 aliphatic rings. The summed E-state index contributed by atoms with van der Waals surface area (Å²) >= 11 is 3.63. The van der Waals surface area contributed by atoms with Crippen LogP contribution in [0.5, 0.6) is 0 Å². The molecule has 1 aromatic rings. The van der Waals surface area contributed by atoms with Crippen LogP contribution in [0.2, 0.25) is 0 Å². The fourth-order valence-electron chi connectivity index (χ4n) is 2.31. The van der Waals surface area contributed by atoms with E-state index in [2.05, 4.69) is 73.2 Å². The van der Waals surface area contributed by atoms with Gasteiger partial charge >= 0.3 is 0 Å². The van der Waals surface area contributed by atoms with E-state index < -0.39 is 0 Å². The minimum Gasteiger partial charge on any atom is -0.310 e. The molecule has 1 nitrogen and oxygen atoms in total. The second kappa shape index (κ2) is 8.06. The van der Waals surface area contributed by atoms with Crippen molar-refractivity contribution in [3.8, 4) is 0 Å². The quantitative estimate of drug-likeness (QED) is 0.604. The molecule has 1 aromatic carbocycles. The lowest BCUT2D eigenvalue weighted by molar-refractivity contribution is 0.290. The molecule has 1 N–H and O–H groups in total. The van der Waals surface area contributed by atoms with Crippen LogP contribution in [0, 0.1) is 5.41 Å². The largest absolute Gasteiger partial charge is 0.310 e. The van der Waals surface area contributed by atoms with Gasteiger partial charge in [-0.2, -0.15) is 0 Å². The number of halogens is 1. The molecule has 108 valence electrons. The highest BCUT2D eigenvalue weighted by molar-refractivity contribution is 9.10. The summed E-state index contributed by atoms with van der Waals surface area (Å²) in [4.78, 5) is 0. The zero-order valence-corrected chi connectivity index (χ0v) is 14.4. The van der Waals surface area contributed by atoms with Crippen LogP contribution in [0.1, 0.15) is 65.0 Å². The first kappa shape index (κ1) is 16.7. The van der Waals surface area contributed by atoms with Gasteiger partial charge in [0, 0.05) is 17.1 Å². The van der Waals surface area contributed by atoms with Gasteiger partial charge in [0.25, 0.3) is 0 Å². The molecule has 2 heteroatoms. The molecule has 0 spiro atoms. The van der Waals surface area contributed by atoms with E-state index in [1.165, 1.54) is 35.7 Å². The number of hydrogen-bond acceptors (Lipinski definition) is 1. The van der Waals surface area contributed by atoms with Gasteiger partial charge in [-0.15, -0.1) is 0 Å². The summed E-state index contributed by atoms with van der Waals surface area (Å²) < 4.78 is 1.19. The van der Waals surface area contributed by atoms with Crippen molar-refractivity contribution in [3.63, 3.8) is 0 Å². The summed E-state index contributed by atoms with van der Waals surface area (Å²) in [5.41, 5.74) is 1.72. The molecule has 0 saturated heterocycles. The van der Waals surface area contributed by atoms with Gasteiger partial charge in [0.2, 0.25) is 0 Å². The molecular weight excluding hydrogens is 298 g/mol. The number of benzene rings is 1. The predicted octanol–water partition coefficient (Wildman–Crippen LogP) is 5.71. The maximum Gasteiger partial charge on any atom is 0.0303 e. The first-order valence-electron chi connectivity index (χ1n) is 7.44. The summed E-state index contributed by atoms with van der Waals surface area (Å²) in [6.07, 6.45) is 5.30. The van der Waals surface area contributed by atoms with E-state index in [1.54, 1.807) is 0 Å². The number of rotatable bonds is 8. The minimum atomic E-state index is 0.380. The van der Waals surface area contributed by atoms with Crippen molar-refractivity contribution in [3.05, 3.63) is 34.3 Å². The molecule has 0 bridgehead atoms. The lowest BCUT2D eigenvalue weighted by atomic mass is 9.86. The summed E-state index contributed by atoms with van der Waals surface area (Å²) in [7, 11) is 0. The van der Waals surface area contributed by atoms with Crippen LogP contribution in [-0.4, -0.2) is 6.54 Å². The van der Waals surface area contributed by atoms with Crippen LogP contribution in [-0.2, 0) is 0 Å². The van der Waals surface area contributed by atoms with Crippen LogP contribution in [0.3, 0.4) is 0 Å². The van der Waals surface area contributed by atoms with E-state index >= 15 is 0 Å². The predicted molar refractivity (Wildman–Crippen MR) is 88.5 cm³/mol. The molecule has 0 saturated carbocycles. The SMILES string of the molecule is CCCCCC(C)(C)CNC(C)c1ccccc1Br. The Kier molecular flexibility index (Phi) is 7.09. The Morgan fingerprint density at radius 1 is 1.21 bits per heavy atom. The van der Waals surface area contributed by atoms with Crippen molar-refractivity contribution in [2.75, 3.05) is 6.54 Å². The highest BCUT2D eigenvalue weighted by Gasteiger charge is 2.18. The lowest BCUT2D eigenvalue weighted by Gasteiger charge is -2.27. The minimum absolute atomic E-state index is 0.380. The second-order valence-corrected chi connectivity index (χ2v) is 7.10. The third-order valence-corrected chi connectivity index (χ3v) is 4.44. The zero-order chi connectivity index (χ0) is 14.3. The third kappa shape index (κ3) is 6.09. The second-order valence-electron chi connectivity index (χ2n) is 6.25. The number of nitrogens with one attached hydrogen (secondary N) is 1. The molecular formula is C17H28BrN. The Morgan fingerprint density at radius 2 is 1.89 bits per heavy atom. The molecule has 0 aliphatic heterocycles. The molecule has 0 heterocycles. The molecule has 0 amide bonds. The topological polar surface area (TPSA) is 12.0 Å². The van der Waals surface area contributed by atoms with Gasteiger partial charge < -0.3 is 5.32 Å². The van der Waals surface area contributed by atoms with Gasteiger partial charge in [0.1, 0.15) is 0 Å². The van der Waals surface area contributed by atoms with Crippen LogP contribution in [0.4, 0.5) is 0 Å². The van der Waals surface area contributed by atoms with Gasteiger partial charge in [-0.05, 0) is 30.4 Å². The Hall–Kier alpha value is -0.340. The van der Waals surface area contributed by atoms with Gasteiger partial charge in [-0.3, -0.25) is 0 Å². The van der Waals surface area contributed by atoms with E-state index in [-0.39, 0.29) is 0 Å². The van der Waals surface area contributed by atoms with Crippen LogP contribution in [0.25, 0.3) is 0 Å². The highest BCUT2D eigenvalue weighted by atomic mass is 79.9. The van der Waals surface area contributed by atoms with Crippen LogP contribution >= 0.6 is 15.9 Å². The lowest BCUT2D eigenvalue weighted by Crippen LogP contribution is -2.31. The fraction of sp³-hybridized carbons (Fsp3) is 0.647. The van der Waals surface area contributed by atoms with Crippen LogP contribution < -0.4 is 5.32 Å². The van der Waals surface area contributed by atoms with Crippen molar-refractivity contribution >= 4 is 15.9 Å². The molecule has 0 aliphatic carbocycles. The fourth-order valence-corrected chi connectivity index (χ4v) is 2.94. The summed E-state index contributed by atoms with van der Waals surface area (Å²) in [5, 5.41) is 3.68. The van der Waals surface area contributed by atoms with Crippen molar-refractivity contribution < 1.29 is 0 Å². The number of hydrogen-bond donors (Lipinski definition) is 1. The normalized spacial score (nSPS) is 13.5. The monoisotopic (exact) mass is 325 g/mol. The van der Waals surface area contributed by atoms with Gasteiger partial charge in [0.05, 0.1) is 0 Å². The summed E-state index contributed by atoms with van der Waals surface area (Å²) in [6.45, 7) is 10.3. The average Bonchev–Trinajstić information content (AvgIpc) is 2.37. The van der Waals surface area contributed by atoms with Crippen molar-refractivity contribution in [1.82, 2.24) is 5.32 Å². The number of unbranched alkanes of at least 4 members (excludes halogenated alkanes) is 2. The Morgan fingerprint density at radius 3 is 2.53 bits per heavy atom. The standard InChI is InChI=1S/C17H28BrN/c1-5-6-9-12-17(3,4)13-19-14(2)15-10-7-8-11-16(15)18/h7-8,10-11,14,19H,5-6,9,12-13H2,1-4H3. The maximum absolute atomic E-state index is 3.68. The molecule has 19 heavy (non-hydrogen) atoms. The third-order valence-electron chi connectivity index (χ3n) is 3.72. The van der Waals surface area contributed by atoms with E-state index in [9.17, 15) is 0 Å². The van der Waals surface area contributed by atoms with Gasteiger partial charge in [-0.25, -0.2) is 0 Å². The molecule has 1 atom stereocenters. The molecule has 0 radical (unpaired) electrons. The smallest absolute Gasteiger partial charge is 0.0303 e. The Bertz CT molecular complexity index is 373. The molecule has 0 aromatic heterocycles. The Labute approximate surface area is 127 Å². The van der Waals surface area contributed by atoms with Crippen molar-refractivity contribution in [2.24, 2.45) is 5.41 Å². The van der Waals surface area contributed by atoms with E-state index in [4.69, 9.17) is 0 Å². The molecule has 1 unspecified atom stereocenters. The van der Waals surface area contributed by atoms with Gasteiger partial charge in [-0.1, -0.05) is 74.2 Å². The first-order chi connectivity index (χ1) is 8.96. The molecule has 1 rings (SSSR count). The van der Waals surface area contributed by atoms with E-state index in [0.717, 1.165) is 6.54 Å². The molecule has 0 fully saturated rings. The first-order valence-corrected chi connectivity index (χ1v) is 8.23. The van der Waals surface area contributed by atoms with Crippen molar-refractivity contribution in [2.45, 2.75) is 59.4 Å². The zero-order valence-electron chi connectivity index (χ0n) is 12.8. The summed E-state index contributed by atoms with van der Waals surface area (Å²) in [6, 6.07) is 8.85. The van der Waals surface area contributed by atoms with Crippen LogP contribution in [0.15, 0.2) is 28.7 Å². The highest BCUT2D eigenvalue weighted by Crippen LogP contribution is 2.26. The van der Waals surface area contributed by atoms with E-state index in [0.29, 0.717) is 11.5 Å². The van der Waals surface area contributed by atoms with Gasteiger partial charge in [0.15, 0.2) is 0 Å². The maximum atomic E-state index is 3.68. The summed E-state index contributed by atoms with van der Waals surface area (Å²) in [5.74, 6) is 0. The average molecular weight is 326 g/mol. The Balaban J connectivity index is 2.45.